The fourth-order valence-corrected chi connectivity index (χ4v) is 3.25. The van der Waals surface area contributed by atoms with Gasteiger partial charge in [0, 0.05) is 37.3 Å². The number of guanidine groups is 1. The van der Waals surface area contributed by atoms with Crippen LogP contribution >= 0.6 is 24.0 Å². The van der Waals surface area contributed by atoms with Crippen molar-refractivity contribution in [3.8, 4) is 11.5 Å². The lowest BCUT2D eigenvalue weighted by Crippen LogP contribution is -2.45. The Labute approximate surface area is 171 Å². The number of anilines is 1. The van der Waals surface area contributed by atoms with E-state index in [4.69, 9.17) is 19.9 Å². The number of rotatable bonds is 4. The lowest BCUT2D eigenvalue weighted by molar-refractivity contribution is -0.0258. The summed E-state index contributed by atoms with van der Waals surface area (Å²) in [6.07, 6.45) is 3.66. The smallest absolute Gasteiger partial charge is 0.193 e. The number of aliphatic imine (C=N–C) groups is 1. The molecule has 1 aliphatic carbocycles. The summed E-state index contributed by atoms with van der Waals surface area (Å²) in [6, 6.07) is 6.48. The average Bonchev–Trinajstić information content (AvgIpc) is 3.47. The molecule has 1 saturated heterocycles. The molecule has 1 saturated carbocycles. The summed E-state index contributed by atoms with van der Waals surface area (Å²) in [5, 5.41) is 3.12. The number of fused-ring (bicyclic) bond motifs is 1. The molecule has 8 heteroatoms. The number of hydrogen-bond donors (Lipinski definition) is 2. The molecule has 2 fully saturated rings. The standard InChI is InChI=1S/C18H26N4O3.HI/c19-18(20-11-15-12-22(6-9-23-15)14-3-4-14)21-13-2-5-16-17(10-13)25-8-1-7-24-16;/h2,5,10,14-15H,1,3-4,6-9,11-12H2,(H3,19,20,21);1H. The molecule has 7 nitrogen and oxygen atoms in total. The molecule has 26 heavy (non-hydrogen) atoms. The zero-order chi connectivity index (χ0) is 17.1. The Hall–Kier alpha value is -1.26. The van der Waals surface area contributed by atoms with Crippen LogP contribution < -0.4 is 20.5 Å². The van der Waals surface area contributed by atoms with Gasteiger partial charge in [0.2, 0.25) is 0 Å². The molecule has 1 unspecified atom stereocenters. The Morgan fingerprint density at radius 1 is 1.19 bits per heavy atom. The van der Waals surface area contributed by atoms with Crippen molar-refractivity contribution in [2.24, 2.45) is 10.7 Å². The van der Waals surface area contributed by atoms with Crippen LogP contribution in [-0.2, 0) is 4.74 Å². The molecule has 0 aromatic heterocycles. The number of morpholine rings is 1. The van der Waals surface area contributed by atoms with Gasteiger partial charge in [-0.3, -0.25) is 9.89 Å². The van der Waals surface area contributed by atoms with Gasteiger partial charge in [0.15, 0.2) is 17.5 Å². The Morgan fingerprint density at radius 2 is 2.00 bits per heavy atom. The molecule has 4 rings (SSSR count). The highest BCUT2D eigenvalue weighted by molar-refractivity contribution is 14.0. The molecule has 2 aliphatic heterocycles. The molecule has 3 N–H and O–H groups in total. The maximum atomic E-state index is 6.03. The van der Waals surface area contributed by atoms with Crippen LogP contribution in [0.1, 0.15) is 19.3 Å². The van der Waals surface area contributed by atoms with Gasteiger partial charge in [-0.2, -0.15) is 0 Å². The van der Waals surface area contributed by atoms with Gasteiger partial charge in [0.05, 0.1) is 32.5 Å². The van der Waals surface area contributed by atoms with Gasteiger partial charge in [0.1, 0.15) is 0 Å². The molecule has 3 aliphatic rings. The number of nitrogens with two attached hydrogens (primary N) is 1. The van der Waals surface area contributed by atoms with Crippen LogP contribution in [0.3, 0.4) is 0 Å². The lowest BCUT2D eigenvalue weighted by atomic mass is 10.2. The maximum absolute atomic E-state index is 6.03. The summed E-state index contributed by atoms with van der Waals surface area (Å²) in [7, 11) is 0. The van der Waals surface area contributed by atoms with Crippen LogP contribution in [0.5, 0.6) is 11.5 Å². The number of nitrogens with one attached hydrogen (secondary N) is 1. The van der Waals surface area contributed by atoms with Crippen LogP contribution in [-0.4, -0.2) is 62.5 Å². The van der Waals surface area contributed by atoms with E-state index in [0.717, 1.165) is 49.3 Å². The van der Waals surface area contributed by atoms with E-state index in [0.29, 0.717) is 25.7 Å². The van der Waals surface area contributed by atoms with Gasteiger partial charge in [-0.15, -0.1) is 24.0 Å². The van der Waals surface area contributed by atoms with Gasteiger partial charge in [-0.1, -0.05) is 0 Å². The molecule has 0 bridgehead atoms. The zero-order valence-electron chi connectivity index (χ0n) is 14.9. The van der Waals surface area contributed by atoms with E-state index in [1.807, 2.05) is 18.2 Å². The van der Waals surface area contributed by atoms with Crippen molar-refractivity contribution >= 4 is 35.6 Å². The molecule has 1 aromatic rings. The van der Waals surface area contributed by atoms with Crippen molar-refractivity contribution in [3.63, 3.8) is 0 Å². The summed E-state index contributed by atoms with van der Waals surface area (Å²) in [4.78, 5) is 6.96. The van der Waals surface area contributed by atoms with Gasteiger partial charge in [-0.05, 0) is 25.0 Å². The summed E-state index contributed by atoms with van der Waals surface area (Å²) >= 11 is 0. The van der Waals surface area contributed by atoms with Crippen LogP contribution in [0.4, 0.5) is 5.69 Å². The number of hydrogen-bond acceptors (Lipinski definition) is 5. The SMILES string of the molecule is I.NC(=NCC1CN(C2CC2)CCO1)Nc1ccc2c(c1)OCCCO2. The summed E-state index contributed by atoms with van der Waals surface area (Å²) in [6.45, 7) is 4.69. The van der Waals surface area contributed by atoms with Crippen LogP contribution in [0.2, 0.25) is 0 Å². The highest BCUT2D eigenvalue weighted by atomic mass is 127. The number of nitrogens with zero attached hydrogens (tertiary/aromatic N) is 2. The van der Waals surface area contributed by atoms with E-state index >= 15 is 0 Å². The summed E-state index contributed by atoms with van der Waals surface area (Å²) in [5.74, 6) is 1.90. The Bertz CT molecular complexity index is 639. The monoisotopic (exact) mass is 474 g/mol. The predicted molar refractivity (Wildman–Crippen MR) is 112 cm³/mol. The molecular weight excluding hydrogens is 447 g/mol. The van der Waals surface area contributed by atoms with Crippen LogP contribution in [0, 0.1) is 0 Å². The molecule has 144 valence electrons. The first-order chi connectivity index (χ1) is 12.3. The minimum atomic E-state index is 0. The quantitative estimate of drug-likeness (QED) is 0.395. The Morgan fingerprint density at radius 3 is 2.81 bits per heavy atom. The average molecular weight is 474 g/mol. The van der Waals surface area contributed by atoms with Crippen molar-refractivity contribution < 1.29 is 14.2 Å². The van der Waals surface area contributed by atoms with E-state index in [1.165, 1.54) is 12.8 Å². The third kappa shape index (κ3) is 5.14. The molecular formula is C18H27IN4O3. The van der Waals surface area contributed by atoms with E-state index in [-0.39, 0.29) is 30.1 Å². The van der Waals surface area contributed by atoms with Gasteiger partial charge >= 0.3 is 0 Å². The van der Waals surface area contributed by atoms with E-state index in [2.05, 4.69) is 15.2 Å². The topological polar surface area (TPSA) is 81.3 Å². The summed E-state index contributed by atoms with van der Waals surface area (Å²) in [5.41, 5.74) is 6.88. The first kappa shape index (κ1) is 19.5. The van der Waals surface area contributed by atoms with Crippen LogP contribution in [0.15, 0.2) is 23.2 Å². The van der Waals surface area contributed by atoms with Crippen LogP contribution in [0.25, 0.3) is 0 Å². The third-order valence-corrected chi connectivity index (χ3v) is 4.72. The van der Waals surface area contributed by atoms with Crippen molar-refractivity contribution in [1.82, 2.24) is 4.90 Å². The molecule has 2 heterocycles. The fraction of sp³-hybridized carbons (Fsp3) is 0.611. The highest BCUT2D eigenvalue weighted by Gasteiger charge is 2.32. The molecule has 1 aromatic carbocycles. The molecule has 0 amide bonds. The second-order valence-electron chi connectivity index (χ2n) is 6.78. The number of benzene rings is 1. The lowest BCUT2D eigenvalue weighted by Gasteiger charge is -2.32. The first-order valence-electron chi connectivity index (χ1n) is 9.10. The predicted octanol–water partition coefficient (Wildman–Crippen LogP) is 2.06. The maximum Gasteiger partial charge on any atom is 0.193 e. The molecule has 0 radical (unpaired) electrons. The summed E-state index contributed by atoms with van der Waals surface area (Å²) < 4.78 is 17.1. The Kier molecular flexibility index (Phi) is 6.82. The Balaban J connectivity index is 0.00000196. The zero-order valence-corrected chi connectivity index (χ0v) is 17.2. The fourth-order valence-electron chi connectivity index (χ4n) is 3.25. The van der Waals surface area contributed by atoms with E-state index in [1.54, 1.807) is 0 Å². The van der Waals surface area contributed by atoms with Crippen molar-refractivity contribution in [2.45, 2.75) is 31.4 Å². The molecule has 1 atom stereocenters. The van der Waals surface area contributed by atoms with E-state index < -0.39 is 0 Å². The van der Waals surface area contributed by atoms with Crippen molar-refractivity contribution in [2.75, 3.05) is 44.8 Å². The van der Waals surface area contributed by atoms with Gasteiger partial charge in [-0.25, -0.2) is 0 Å². The van der Waals surface area contributed by atoms with Crippen molar-refractivity contribution in [1.29, 1.82) is 0 Å². The second kappa shape index (κ2) is 9.09. The minimum Gasteiger partial charge on any atom is -0.490 e. The molecule has 0 spiro atoms. The van der Waals surface area contributed by atoms with Crippen molar-refractivity contribution in [3.05, 3.63) is 18.2 Å². The van der Waals surface area contributed by atoms with E-state index in [9.17, 15) is 0 Å². The van der Waals surface area contributed by atoms with Gasteiger partial charge in [0.25, 0.3) is 0 Å². The largest absolute Gasteiger partial charge is 0.490 e. The number of halogens is 1. The second-order valence-corrected chi connectivity index (χ2v) is 6.78. The third-order valence-electron chi connectivity index (χ3n) is 4.72. The number of ether oxygens (including phenoxy) is 3. The van der Waals surface area contributed by atoms with Gasteiger partial charge < -0.3 is 25.3 Å². The normalized spacial score (nSPS) is 23.7. The first-order valence-corrected chi connectivity index (χ1v) is 9.10. The highest BCUT2D eigenvalue weighted by Crippen LogP contribution is 2.32. The minimum absolute atomic E-state index is 0.